The third-order valence-corrected chi connectivity index (χ3v) is 2.56. The Balaban J connectivity index is 1.79. The van der Waals surface area contributed by atoms with E-state index in [1.165, 1.54) is 12.1 Å². The number of carbonyl (C=O) groups excluding carboxylic acids is 1. The van der Waals surface area contributed by atoms with Crippen molar-refractivity contribution in [1.29, 1.82) is 0 Å². The molecule has 0 aliphatic carbocycles. The molecule has 0 spiro atoms. The highest BCUT2D eigenvalue weighted by molar-refractivity contribution is 5.70. The van der Waals surface area contributed by atoms with Crippen LogP contribution in [0.2, 0.25) is 0 Å². The normalized spacial score (nSPS) is 10.1. The molecule has 0 heterocycles. The summed E-state index contributed by atoms with van der Waals surface area (Å²) in [6.45, 7) is 0.231. The Kier molecular flexibility index (Phi) is 4.65. The van der Waals surface area contributed by atoms with Crippen LogP contribution in [0.3, 0.4) is 0 Å². The van der Waals surface area contributed by atoms with Gasteiger partial charge in [0.05, 0.1) is 0 Å². The predicted octanol–water partition coefficient (Wildman–Crippen LogP) is 3.30. The molecule has 1 N–H and O–H groups in total. The Morgan fingerprint density at radius 3 is 2.35 bits per heavy atom. The number of carbonyl (C=O) groups is 1. The van der Waals surface area contributed by atoms with E-state index in [4.69, 9.17) is 4.74 Å². The molecule has 0 radical (unpaired) electrons. The Labute approximate surface area is 115 Å². The minimum atomic E-state index is -0.633. The van der Waals surface area contributed by atoms with E-state index in [0.29, 0.717) is 17.7 Å². The summed E-state index contributed by atoms with van der Waals surface area (Å²) in [6.07, 6.45) is -0.286. The van der Waals surface area contributed by atoms with Gasteiger partial charge in [-0.05, 0) is 36.2 Å². The van der Waals surface area contributed by atoms with Crippen LogP contribution < -0.4 is 10.1 Å². The highest BCUT2D eigenvalue weighted by Gasteiger charge is 2.04. The minimum absolute atomic E-state index is 0.231. The minimum Gasteiger partial charge on any atom is -0.410 e. The average Bonchev–Trinajstić information content (AvgIpc) is 2.38. The summed E-state index contributed by atoms with van der Waals surface area (Å²) >= 11 is 0. The fraction of sp³-hybridized carbons (Fsp3) is 0.133. The molecule has 0 bridgehead atoms. The summed E-state index contributed by atoms with van der Waals surface area (Å²) in [6, 6.07) is 11.9. The van der Waals surface area contributed by atoms with Gasteiger partial charge in [-0.2, -0.15) is 0 Å². The van der Waals surface area contributed by atoms with Gasteiger partial charge in [0.1, 0.15) is 17.4 Å². The van der Waals surface area contributed by atoms with Crippen molar-refractivity contribution in [2.45, 2.75) is 6.42 Å². The molecule has 0 aliphatic heterocycles. The Bertz CT molecular complexity index is 567. The molecule has 0 saturated carbocycles. The molecule has 20 heavy (non-hydrogen) atoms. The monoisotopic (exact) mass is 277 g/mol. The fourth-order valence-electron chi connectivity index (χ4n) is 1.70. The number of rotatable bonds is 4. The maximum absolute atomic E-state index is 12.9. The maximum Gasteiger partial charge on any atom is 0.412 e. The van der Waals surface area contributed by atoms with Crippen LogP contribution in [-0.4, -0.2) is 12.6 Å². The van der Waals surface area contributed by atoms with Crippen molar-refractivity contribution in [2.75, 3.05) is 6.54 Å². The second-order valence-electron chi connectivity index (χ2n) is 4.16. The molecule has 3 nitrogen and oxygen atoms in total. The van der Waals surface area contributed by atoms with E-state index in [1.54, 1.807) is 24.3 Å². The zero-order valence-corrected chi connectivity index (χ0v) is 10.6. The van der Waals surface area contributed by atoms with E-state index in [0.717, 1.165) is 6.07 Å². The molecule has 0 atom stereocenters. The standard InChI is InChI=1S/C15H13F2NO2/c16-12-8-11(9-13(17)10-12)6-7-18-15(19)20-14-4-2-1-3-5-14/h1-5,8-10H,6-7H2,(H,18,19). The van der Waals surface area contributed by atoms with E-state index in [1.807, 2.05) is 6.07 Å². The Morgan fingerprint density at radius 2 is 1.70 bits per heavy atom. The van der Waals surface area contributed by atoms with Gasteiger partial charge in [-0.15, -0.1) is 0 Å². The van der Waals surface area contributed by atoms with Crippen LogP contribution >= 0.6 is 0 Å². The molecule has 0 aromatic heterocycles. The van der Waals surface area contributed by atoms with Gasteiger partial charge in [0, 0.05) is 12.6 Å². The largest absolute Gasteiger partial charge is 0.412 e. The Hall–Kier alpha value is -2.43. The number of halogens is 2. The lowest BCUT2D eigenvalue weighted by Crippen LogP contribution is -2.28. The topological polar surface area (TPSA) is 38.3 Å². The van der Waals surface area contributed by atoms with Gasteiger partial charge in [0.15, 0.2) is 0 Å². The molecule has 104 valence electrons. The van der Waals surface area contributed by atoms with Crippen molar-refractivity contribution < 1.29 is 18.3 Å². The number of ether oxygens (including phenoxy) is 1. The van der Waals surface area contributed by atoms with Gasteiger partial charge in [-0.1, -0.05) is 18.2 Å². The summed E-state index contributed by atoms with van der Waals surface area (Å²) in [5, 5.41) is 2.51. The molecule has 0 fully saturated rings. The first-order valence-corrected chi connectivity index (χ1v) is 6.09. The zero-order valence-electron chi connectivity index (χ0n) is 10.6. The van der Waals surface area contributed by atoms with E-state index in [2.05, 4.69) is 5.32 Å². The maximum atomic E-state index is 12.9. The van der Waals surface area contributed by atoms with Crippen molar-refractivity contribution in [3.05, 3.63) is 65.7 Å². The highest BCUT2D eigenvalue weighted by atomic mass is 19.1. The number of amides is 1. The predicted molar refractivity (Wildman–Crippen MR) is 70.5 cm³/mol. The highest BCUT2D eigenvalue weighted by Crippen LogP contribution is 2.09. The van der Waals surface area contributed by atoms with Crippen LogP contribution in [-0.2, 0) is 6.42 Å². The summed E-state index contributed by atoms with van der Waals surface area (Å²) in [5.74, 6) is -0.833. The molecule has 2 rings (SSSR count). The van der Waals surface area contributed by atoms with Crippen LogP contribution in [0.5, 0.6) is 5.75 Å². The Morgan fingerprint density at radius 1 is 1.05 bits per heavy atom. The molecular formula is C15H13F2NO2. The molecule has 1 amide bonds. The molecule has 0 saturated heterocycles. The van der Waals surface area contributed by atoms with Crippen LogP contribution in [0.1, 0.15) is 5.56 Å². The van der Waals surface area contributed by atoms with Crippen molar-refractivity contribution in [2.24, 2.45) is 0 Å². The summed E-state index contributed by atoms with van der Waals surface area (Å²) in [5.41, 5.74) is 0.475. The van der Waals surface area contributed by atoms with E-state index < -0.39 is 17.7 Å². The van der Waals surface area contributed by atoms with Crippen LogP contribution in [0.4, 0.5) is 13.6 Å². The van der Waals surface area contributed by atoms with Gasteiger partial charge >= 0.3 is 6.09 Å². The molecule has 2 aromatic carbocycles. The van der Waals surface area contributed by atoms with E-state index in [-0.39, 0.29) is 6.54 Å². The quantitative estimate of drug-likeness (QED) is 0.931. The molecular weight excluding hydrogens is 264 g/mol. The van der Waals surface area contributed by atoms with Crippen LogP contribution in [0, 0.1) is 11.6 Å². The smallest absolute Gasteiger partial charge is 0.410 e. The zero-order chi connectivity index (χ0) is 14.4. The number of para-hydroxylation sites is 1. The summed E-state index contributed by atoms with van der Waals surface area (Å²) in [4.78, 5) is 11.5. The molecule has 5 heteroatoms. The van der Waals surface area contributed by atoms with Crippen molar-refractivity contribution in [3.8, 4) is 5.75 Å². The number of hydrogen-bond acceptors (Lipinski definition) is 2. The van der Waals surface area contributed by atoms with Gasteiger partial charge in [-0.3, -0.25) is 0 Å². The second-order valence-corrected chi connectivity index (χ2v) is 4.16. The first-order valence-electron chi connectivity index (χ1n) is 6.09. The molecule has 0 unspecified atom stereocenters. The van der Waals surface area contributed by atoms with Gasteiger partial charge in [0.25, 0.3) is 0 Å². The number of hydrogen-bond donors (Lipinski definition) is 1. The van der Waals surface area contributed by atoms with Crippen LogP contribution in [0.15, 0.2) is 48.5 Å². The first-order chi connectivity index (χ1) is 9.63. The molecule has 0 aliphatic rings. The van der Waals surface area contributed by atoms with Crippen molar-refractivity contribution >= 4 is 6.09 Å². The first kappa shape index (κ1) is 14.0. The van der Waals surface area contributed by atoms with E-state index in [9.17, 15) is 13.6 Å². The SMILES string of the molecule is O=C(NCCc1cc(F)cc(F)c1)Oc1ccccc1. The lowest BCUT2D eigenvalue weighted by molar-refractivity contribution is 0.200. The lowest BCUT2D eigenvalue weighted by Gasteiger charge is -2.06. The van der Waals surface area contributed by atoms with Crippen molar-refractivity contribution in [1.82, 2.24) is 5.32 Å². The second kappa shape index (κ2) is 6.65. The summed E-state index contributed by atoms with van der Waals surface area (Å²) < 4.78 is 30.9. The van der Waals surface area contributed by atoms with Crippen molar-refractivity contribution in [3.63, 3.8) is 0 Å². The van der Waals surface area contributed by atoms with Crippen LogP contribution in [0.25, 0.3) is 0 Å². The average molecular weight is 277 g/mol. The number of benzene rings is 2. The summed E-state index contributed by atoms with van der Waals surface area (Å²) in [7, 11) is 0. The lowest BCUT2D eigenvalue weighted by atomic mass is 10.1. The molecule has 2 aromatic rings. The third-order valence-electron chi connectivity index (χ3n) is 2.56. The van der Waals surface area contributed by atoms with Gasteiger partial charge < -0.3 is 10.1 Å². The fourth-order valence-corrected chi connectivity index (χ4v) is 1.70. The van der Waals surface area contributed by atoms with Gasteiger partial charge in [0.2, 0.25) is 0 Å². The third kappa shape index (κ3) is 4.35. The number of nitrogens with one attached hydrogen (secondary N) is 1. The van der Waals surface area contributed by atoms with E-state index >= 15 is 0 Å². The van der Waals surface area contributed by atoms with Gasteiger partial charge in [-0.25, -0.2) is 13.6 Å².